The van der Waals surface area contributed by atoms with Gasteiger partial charge in [0.25, 0.3) is 5.56 Å². The van der Waals surface area contributed by atoms with Crippen LogP contribution in [0.15, 0.2) is 64.2 Å². The van der Waals surface area contributed by atoms with Crippen LogP contribution in [0, 0.1) is 0 Å². The molecule has 0 bridgehead atoms. The van der Waals surface area contributed by atoms with Gasteiger partial charge in [0.2, 0.25) is 5.91 Å². The molecule has 4 rings (SSSR count). The number of hydrogen-bond donors (Lipinski definition) is 1. The van der Waals surface area contributed by atoms with Crippen molar-refractivity contribution in [3.63, 3.8) is 0 Å². The van der Waals surface area contributed by atoms with E-state index in [1.165, 1.54) is 11.7 Å². The highest BCUT2D eigenvalue weighted by Crippen LogP contribution is 2.35. The van der Waals surface area contributed by atoms with Crippen LogP contribution in [0.1, 0.15) is 26.2 Å². The molecule has 3 aromatic rings. The van der Waals surface area contributed by atoms with E-state index in [9.17, 15) is 19.2 Å². The Balaban J connectivity index is 1.55. The second kappa shape index (κ2) is 10.3. The zero-order chi connectivity index (χ0) is 25.0. The molecular formula is C26H30N4O5. The number of aromatic nitrogens is 2. The number of nitrogens with zero attached hydrogens (tertiary/aromatic N) is 3. The lowest BCUT2D eigenvalue weighted by Crippen LogP contribution is -2.63. The van der Waals surface area contributed by atoms with Crippen molar-refractivity contribution in [3.8, 4) is 0 Å². The number of ether oxygens (including phenoxy) is 1. The molecule has 9 heteroatoms. The first-order valence-electron chi connectivity index (χ1n) is 11.8. The largest absolute Gasteiger partial charge is 0.467 e. The van der Waals surface area contributed by atoms with Crippen LogP contribution in [-0.4, -0.2) is 58.6 Å². The van der Waals surface area contributed by atoms with Gasteiger partial charge in [0.05, 0.1) is 18.0 Å². The van der Waals surface area contributed by atoms with Crippen LogP contribution in [-0.2, 0) is 20.9 Å². The summed E-state index contributed by atoms with van der Waals surface area (Å²) in [6, 6.07) is 16.1. The molecular weight excluding hydrogens is 448 g/mol. The number of rotatable bonds is 7. The molecule has 0 unspecified atom stereocenters. The van der Waals surface area contributed by atoms with E-state index in [1.807, 2.05) is 30.3 Å². The lowest BCUT2D eigenvalue weighted by molar-refractivity contribution is -0.151. The second-order valence-corrected chi connectivity index (χ2v) is 8.72. The maximum Gasteiger partial charge on any atom is 0.332 e. The molecule has 35 heavy (non-hydrogen) atoms. The average molecular weight is 479 g/mol. The molecule has 2 aromatic carbocycles. The van der Waals surface area contributed by atoms with Gasteiger partial charge in [-0.05, 0) is 37.1 Å². The van der Waals surface area contributed by atoms with Gasteiger partial charge in [-0.25, -0.2) is 9.59 Å². The Bertz CT molecular complexity index is 1320. The Hall–Kier alpha value is -3.72. The average Bonchev–Trinajstić information content (AvgIpc) is 2.89. The van der Waals surface area contributed by atoms with Crippen molar-refractivity contribution in [1.82, 2.24) is 14.5 Å². The van der Waals surface area contributed by atoms with Crippen LogP contribution in [0.2, 0.25) is 0 Å². The third-order valence-electron chi connectivity index (χ3n) is 6.77. The van der Waals surface area contributed by atoms with Crippen molar-refractivity contribution in [2.45, 2.75) is 38.3 Å². The summed E-state index contributed by atoms with van der Waals surface area (Å²) in [5.74, 6) is -0.589. The third kappa shape index (κ3) is 4.64. The van der Waals surface area contributed by atoms with Crippen molar-refractivity contribution >= 4 is 28.5 Å². The van der Waals surface area contributed by atoms with Crippen molar-refractivity contribution in [1.29, 1.82) is 0 Å². The fourth-order valence-corrected chi connectivity index (χ4v) is 4.86. The van der Waals surface area contributed by atoms with E-state index >= 15 is 0 Å². The first kappa shape index (κ1) is 24.4. The maximum atomic E-state index is 13.1. The molecule has 1 fully saturated rings. The summed E-state index contributed by atoms with van der Waals surface area (Å²) in [4.78, 5) is 57.9. The summed E-state index contributed by atoms with van der Waals surface area (Å²) in [6.07, 6.45) is 1.01. The van der Waals surface area contributed by atoms with Crippen molar-refractivity contribution in [2.24, 2.45) is 0 Å². The number of fused-ring (bicyclic) bond motifs is 1. The van der Waals surface area contributed by atoms with Gasteiger partial charge < -0.3 is 14.6 Å². The Labute approximate surface area is 202 Å². The van der Waals surface area contributed by atoms with E-state index in [2.05, 4.69) is 9.88 Å². The fraction of sp³-hybridized carbons (Fsp3) is 0.385. The predicted molar refractivity (Wildman–Crippen MR) is 133 cm³/mol. The number of anilines is 1. The smallest absolute Gasteiger partial charge is 0.332 e. The zero-order valence-electron chi connectivity index (χ0n) is 20.0. The van der Waals surface area contributed by atoms with E-state index in [4.69, 9.17) is 4.74 Å². The number of aromatic amines is 1. The number of methoxy groups -OCH3 is 1. The number of benzene rings is 2. The van der Waals surface area contributed by atoms with E-state index in [-0.39, 0.29) is 24.4 Å². The van der Waals surface area contributed by atoms with Crippen LogP contribution in [0.25, 0.3) is 10.9 Å². The molecule has 1 aromatic heterocycles. The number of hydrogen-bond acceptors (Lipinski definition) is 6. The summed E-state index contributed by atoms with van der Waals surface area (Å²) in [5, 5.41) is 0.465. The Morgan fingerprint density at radius 3 is 2.31 bits per heavy atom. The van der Waals surface area contributed by atoms with Gasteiger partial charge in [-0.3, -0.25) is 19.1 Å². The van der Waals surface area contributed by atoms with Gasteiger partial charge >= 0.3 is 11.7 Å². The van der Waals surface area contributed by atoms with Crippen molar-refractivity contribution in [3.05, 3.63) is 75.4 Å². The summed E-state index contributed by atoms with van der Waals surface area (Å²) in [5.41, 5.74) is -0.710. The van der Waals surface area contributed by atoms with Gasteiger partial charge in [-0.1, -0.05) is 37.3 Å². The summed E-state index contributed by atoms with van der Waals surface area (Å²) < 4.78 is 6.39. The molecule has 1 saturated heterocycles. The monoisotopic (exact) mass is 478 g/mol. The van der Waals surface area contributed by atoms with E-state index in [0.717, 1.165) is 0 Å². The van der Waals surface area contributed by atoms with Gasteiger partial charge in [0, 0.05) is 38.3 Å². The molecule has 0 aliphatic carbocycles. The number of H-pyrrole nitrogens is 1. The van der Waals surface area contributed by atoms with Crippen LogP contribution in [0.4, 0.5) is 5.69 Å². The number of carbonyl (C=O) groups is 2. The first-order chi connectivity index (χ1) is 16.9. The molecule has 1 N–H and O–H groups in total. The Kier molecular flexibility index (Phi) is 7.16. The molecule has 1 aliphatic rings. The molecule has 0 spiro atoms. The molecule has 9 nitrogen and oxygen atoms in total. The van der Waals surface area contributed by atoms with Crippen LogP contribution in [0.5, 0.6) is 0 Å². The minimum atomic E-state index is -1.11. The van der Waals surface area contributed by atoms with Gasteiger partial charge in [-0.15, -0.1) is 0 Å². The number of piperidine rings is 1. The van der Waals surface area contributed by atoms with Crippen LogP contribution < -0.4 is 16.1 Å². The van der Waals surface area contributed by atoms with Crippen LogP contribution >= 0.6 is 0 Å². The summed E-state index contributed by atoms with van der Waals surface area (Å²) in [7, 11) is 1.34. The van der Waals surface area contributed by atoms with E-state index in [0.29, 0.717) is 49.1 Å². The van der Waals surface area contributed by atoms with Crippen molar-refractivity contribution < 1.29 is 14.3 Å². The lowest BCUT2D eigenvalue weighted by Gasteiger charge is -2.46. The lowest BCUT2D eigenvalue weighted by atomic mass is 9.84. The fourth-order valence-electron chi connectivity index (χ4n) is 4.86. The highest BCUT2D eigenvalue weighted by Gasteiger charge is 2.49. The molecule has 1 aliphatic heterocycles. The number of para-hydroxylation sites is 2. The van der Waals surface area contributed by atoms with Gasteiger partial charge in [-0.2, -0.15) is 0 Å². The molecule has 184 valence electrons. The SMILES string of the molecule is CCC(=O)N(c1ccccc1)C1(C(=O)OC)CCN(CCn2c(=O)[nH]c3ccccc3c2=O)CC1. The predicted octanol–water partition coefficient (Wildman–Crippen LogP) is 2.14. The molecule has 0 atom stereocenters. The van der Waals surface area contributed by atoms with E-state index < -0.39 is 17.2 Å². The summed E-state index contributed by atoms with van der Waals surface area (Å²) >= 11 is 0. The highest BCUT2D eigenvalue weighted by atomic mass is 16.5. The zero-order valence-corrected chi connectivity index (χ0v) is 20.0. The quantitative estimate of drug-likeness (QED) is 0.522. The van der Waals surface area contributed by atoms with Crippen LogP contribution in [0.3, 0.4) is 0 Å². The first-order valence-corrected chi connectivity index (χ1v) is 11.8. The topological polar surface area (TPSA) is 105 Å². The van der Waals surface area contributed by atoms with E-state index in [1.54, 1.807) is 36.1 Å². The number of nitrogens with one attached hydrogen (secondary N) is 1. The molecule has 0 radical (unpaired) electrons. The second-order valence-electron chi connectivity index (χ2n) is 8.72. The number of amides is 1. The third-order valence-corrected chi connectivity index (χ3v) is 6.77. The minimum Gasteiger partial charge on any atom is -0.467 e. The molecule has 1 amide bonds. The van der Waals surface area contributed by atoms with Crippen molar-refractivity contribution in [2.75, 3.05) is 31.6 Å². The molecule has 0 saturated carbocycles. The molecule has 2 heterocycles. The Morgan fingerprint density at radius 2 is 1.66 bits per heavy atom. The maximum absolute atomic E-state index is 13.1. The number of carbonyl (C=O) groups excluding carboxylic acids is 2. The highest BCUT2D eigenvalue weighted by molar-refractivity contribution is 6.02. The number of likely N-dealkylation sites (tertiary alicyclic amines) is 1. The van der Waals surface area contributed by atoms with Gasteiger partial charge in [0.1, 0.15) is 5.54 Å². The standard InChI is InChI=1S/C26H30N4O5/c1-3-22(31)30(19-9-5-4-6-10-19)26(24(33)35-2)13-15-28(16-14-26)17-18-29-23(32)20-11-7-8-12-21(20)27-25(29)34/h4-12H,3,13-18H2,1-2H3,(H,27,34). The number of esters is 1. The summed E-state index contributed by atoms with van der Waals surface area (Å²) in [6.45, 7) is 3.48. The normalized spacial score (nSPS) is 15.6. The minimum absolute atomic E-state index is 0.149. The Morgan fingerprint density at radius 1 is 1.00 bits per heavy atom. The van der Waals surface area contributed by atoms with Gasteiger partial charge in [0.15, 0.2) is 0 Å².